The molecule has 0 radical (unpaired) electrons. The van der Waals surface area contributed by atoms with E-state index in [-0.39, 0.29) is 5.84 Å². The van der Waals surface area contributed by atoms with Crippen LogP contribution in [0.3, 0.4) is 0 Å². The molecule has 1 saturated heterocycles. The molecule has 154 valence electrons. The maximum atomic E-state index is 11.7. The van der Waals surface area contributed by atoms with E-state index in [2.05, 4.69) is 24.7 Å². The standard InChI is InChI=1S/C10H18N3O11P3/c1-7-12-9(11)4-5-13(7)10-3-2-8(22-10)6-21-26(17,18)24-27(19,20)23-25(14,15)16/h4-5,8,10H,1-3,6H2,(H2,11,12)(H,17,18)(H,19,20)(H2,14,15,16)/t8-,10+/m0/s1. The van der Waals surface area contributed by atoms with E-state index in [1.165, 1.54) is 6.08 Å². The number of phosphoric ester groups is 1. The Labute approximate surface area is 153 Å². The maximum absolute atomic E-state index is 11.7. The van der Waals surface area contributed by atoms with Crippen LogP contribution in [0.25, 0.3) is 0 Å². The minimum absolute atomic E-state index is 0.276. The summed E-state index contributed by atoms with van der Waals surface area (Å²) in [6.07, 6.45) is 2.88. The fourth-order valence-corrected chi connectivity index (χ4v) is 5.29. The molecule has 6 N–H and O–H groups in total. The highest BCUT2D eigenvalue weighted by atomic mass is 31.3. The van der Waals surface area contributed by atoms with Gasteiger partial charge in [-0.1, -0.05) is 6.58 Å². The number of aliphatic imine (C=N–C) groups is 1. The third kappa shape index (κ3) is 7.22. The van der Waals surface area contributed by atoms with Gasteiger partial charge >= 0.3 is 23.5 Å². The molecule has 2 unspecified atom stereocenters. The lowest BCUT2D eigenvalue weighted by atomic mass is 10.2. The van der Waals surface area contributed by atoms with Gasteiger partial charge in [0.05, 0.1) is 12.7 Å². The number of nitrogens with zero attached hydrogens (tertiary/aromatic N) is 2. The summed E-state index contributed by atoms with van der Waals surface area (Å²) < 4.78 is 50.8. The Bertz CT molecular complexity index is 793. The van der Waals surface area contributed by atoms with Crippen LogP contribution in [0.1, 0.15) is 12.8 Å². The van der Waals surface area contributed by atoms with E-state index < -0.39 is 42.4 Å². The van der Waals surface area contributed by atoms with Gasteiger partial charge in [0.2, 0.25) is 0 Å². The fourth-order valence-electron chi connectivity index (χ4n) is 2.24. The van der Waals surface area contributed by atoms with Crippen LogP contribution in [0, 0.1) is 0 Å². The summed E-state index contributed by atoms with van der Waals surface area (Å²) in [6.45, 7) is 3.22. The van der Waals surface area contributed by atoms with Crippen molar-refractivity contribution in [2.75, 3.05) is 6.61 Å². The molecule has 2 rings (SSSR count). The Hall–Kier alpha value is -0.880. The summed E-state index contributed by atoms with van der Waals surface area (Å²) in [6, 6.07) is 0. The number of hydrogen-bond donors (Lipinski definition) is 5. The van der Waals surface area contributed by atoms with Gasteiger partial charge in [0.25, 0.3) is 0 Å². The molecule has 0 saturated carbocycles. The summed E-state index contributed by atoms with van der Waals surface area (Å²) in [7, 11) is -16.1. The average molecular weight is 449 g/mol. The van der Waals surface area contributed by atoms with Gasteiger partial charge in [-0.25, -0.2) is 18.7 Å². The van der Waals surface area contributed by atoms with E-state index in [0.717, 1.165) is 0 Å². The number of rotatable bonds is 8. The lowest BCUT2D eigenvalue weighted by molar-refractivity contribution is -0.0391. The topological polar surface area (TPSA) is 211 Å². The first kappa shape index (κ1) is 22.4. The minimum atomic E-state index is -5.54. The Morgan fingerprint density at radius 1 is 1.22 bits per heavy atom. The molecule has 2 heterocycles. The fraction of sp³-hybridized carbons (Fsp3) is 0.500. The summed E-state index contributed by atoms with van der Waals surface area (Å²) in [5.41, 5.74) is 5.54. The van der Waals surface area contributed by atoms with Gasteiger partial charge in [-0.3, -0.25) is 4.52 Å². The van der Waals surface area contributed by atoms with Gasteiger partial charge in [-0.15, -0.1) is 0 Å². The molecule has 0 amide bonds. The van der Waals surface area contributed by atoms with Crippen molar-refractivity contribution in [2.45, 2.75) is 25.2 Å². The lowest BCUT2D eigenvalue weighted by Gasteiger charge is -2.29. The van der Waals surface area contributed by atoms with E-state index in [1.54, 1.807) is 11.1 Å². The van der Waals surface area contributed by atoms with Crippen molar-refractivity contribution in [3.05, 3.63) is 24.7 Å². The first-order valence-electron chi connectivity index (χ1n) is 7.20. The first-order valence-corrected chi connectivity index (χ1v) is 11.7. The Balaban J connectivity index is 1.85. The van der Waals surface area contributed by atoms with Crippen LogP contribution >= 0.6 is 23.5 Å². The van der Waals surface area contributed by atoms with Crippen LogP contribution in [-0.4, -0.2) is 49.2 Å². The van der Waals surface area contributed by atoms with Crippen molar-refractivity contribution in [1.29, 1.82) is 0 Å². The lowest BCUT2D eigenvalue weighted by Crippen LogP contribution is -2.33. The highest BCUT2D eigenvalue weighted by molar-refractivity contribution is 7.66. The van der Waals surface area contributed by atoms with Crippen molar-refractivity contribution in [1.82, 2.24) is 4.90 Å². The number of phosphoric acid groups is 3. The molecule has 0 bridgehead atoms. The summed E-state index contributed by atoms with van der Waals surface area (Å²) in [5, 5.41) is 0. The van der Waals surface area contributed by atoms with E-state index >= 15 is 0 Å². The van der Waals surface area contributed by atoms with Gasteiger partial charge in [0.15, 0.2) is 0 Å². The Kier molecular flexibility index (Phi) is 6.84. The third-order valence-electron chi connectivity index (χ3n) is 3.20. The second-order valence-corrected chi connectivity index (χ2v) is 9.77. The van der Waals surface area contributed by atoms with Crippen LogP contribution < -0.4 is 5.73 Å². The van der Waals surface area contributed by atoms with Crippen molar-refractivity contribution in [3.63, 3.8) is 0 Å². The summed E-state index contributed by atoms with van der Waals surface area (Å²) in [5.74, 6) is 0.618. The largest absolute Gasteiger partial charge is 0.490 e. The zero-order valence-corrected chi connectivity index (χ0v) is 16.3. The molecular formula is C10H18N3O11P3. The molecule has 14 nitrogen and oxygen atoms in total. The van der Waals surface area contributed by atoms with Gasteiger partial charge in [-0.2, -0.15) is 8.62 Å². The number of hydrogen-bond acceptors (Lipinski definition) is 10. The zero-order valence-electron chi connectivity index (χ0n) is 13.6. The zero-order chi connectivity index (χ0) is 20.5. The van der Waals surface area contributed by atoms with Gasteiger partial charge < -0.3 is 34.9 Å². The Morgan fingerprint density at radius 2 is 1.89 bits per heavy atom. The predicted molar refractivity (Wildman–Crippen MR) is 89.5 cm³/mol. The SMILES string of the molecule is C=C1N=C(N)C=CN1[C@H]1CC[C@@H](COP(=O)(O)OP(=O)(O)OP(=O)(O)O)O1. The second kappa shape index (κ2) is 8.24. The van der Waals surface area contributed by atoms with Gasteiger partial charge in [0.1, 0.15) is 17.9 Å². The summed E-state index contributed by atoms with van der Waals surface area (Å²) in [4.78, 5) is 41.0. The van der Waals surface area contributed by atoms with Gasteiger partial charge in [0, 0.05) is 6.20 Å². The van der Waals surface area contributed by atoms with Crippen molar-refractivity contribution >= 4 is 29.3 Å². The van der Waals surface area contributed by atoms with Gasteiger partial charge in [-0.05, 0) is 18.9 Å². The van der Waals surface area contributed by atoms with Crippen LogP contribution in [0.5, 0.6) is 0 Å². The third-order valence-corrected chi connectivity index (χ3v) is 7.00. The normalized spacial score (nSPS) is 27.9. The number of amidine groups is 1. The molecule has 0 aromatic carbocycles. The van der Waals surface area contributed by atoms with Crippen molar-refractivity contribution in [3.8, 4) is 0 Å². The highest BCUT2D eigenvalue weighted by Gasteiger charge is 2.41. The molecule has 2 aliphatic heterocycles. The minimum Gasteiger partial charge on any atom is -0.384 e. The Morgan fingerprint density at radius 3 is 2.48 bits per heavy atom. The number of nitrogens with two attached hydrogens (primary N) is 1. The predicted octanol–water partition coefficient (Wildman–Crippen LogP) is 0.492. The van der Waals surface area contributed by atoms with E-state index in [0.29, 0.717) is 18.7 Å². The second-order valence-electron chi connectivity index (χ2n) is 5.35. The molecule has 17 heteroatoms. The molecule has 4 atom stereocenters. The molecule has 2 aliphatic rings. The van der Waals surface area contributed by atoms with E-state index in [4.69, 9.17) is 25.2 Å². The van der Waals surface area contributed by atoms with Crippen LogP contribution in [-0.2, 0) is 31.6 Å². The number of ether oxygens (including phenoxy) is 1. The van der Waals surface area contributed by atoms with Crippen LogP contribution in [0.4, 0.5) is 0 Å². The average Bonchev–Trinajstić information content (AvgIpc) is 2.90. The molecule has 0 aromatic rings. The van der Waals surface area contributed by atoms with Crippen LogP contribution in [0.15, 0.2) is 29.7 Å². The summed E-state index contributed by atoms with van der Waals surface area (Å²) >= 11 is 0. The molecule has 0 aromatic heterocycles. The van der Waals surface area contributed by atoms with Crippen LogP contribution in [0.2, 0.25) is 0 Å². The molecular weight excluding hydrogens is 431 g/mol. The molecule has 0 spiro atoms. The maximum Gasteiger partial charge on any atom is 0.490 e. The molecule has 1 fully saturated rings. The van der Waals surface area contributed by atoms with Crippen molar-refractivity contribution < 1.29 is 51.2 Å². The molecule has 27 heavy (non-hydrogen) atoms. The monoisotopic (exact) mass is 449 g/mol. The van der Waals surface area contributed by atoms with Crippen molar-refractivity contribution in [2.24, 2.45) is 10.7 Å². The quantitative estimate of drug-likeness (QED) is 0.320. The van der Waals surface area contributed by atoms with E-state index in [9.17, 15) is 18.6 Å². The molecule has 0 aliphatic carbocycles. The highest BCUT2D eigenvalue weighted by Crippen LogP contribution is 2.66. The first-order chi connectivity index (χ1) is 12.3. The smallest absolute Gasteiger partial charge is 0.384 e. The van der Waals surface area contributed by atoms with E-state index in [1.807, 2.05) is 0 Å².